The number of ether oxygens (including phenoxy) is 1. The average molecular weight is 702 g/mol. The number of hydrogen-bond donors (Lipinski definition) is 0. The van der Waals surface area contributed by atoms with Crippen LogP contribution < -0.4 is 4.74 Å². The van der Waals surface area contributed by atoms with Crippen LogP contribution in [0.4, 0.5) is 0 Å². The molecule has 0 bridgehead atoms. The third-order valence-electron chi connectivity index (χ3n) is 8.15. The largest absolute Gasteiger partial charge is 0.506 e. The third kappa shape index (κ3) is 4.62. The molecule has 0 amide bonds. The van der Waals surface area contributed by atoms with Gasteiger partial charge in [0.15, 0.2) is 0 Å². The second kappa shape index (κ2) is 10.8. The molecule has 5 heteroatoms. The van der Waals surface area contributed by atoms with E-state index in [-0.39, 0.29) is 25.6 Å². The first-order valence-corrected chi connectivity index (χ1v) is 13.9. The van der Waals surface area contributed by atoms with Gasteiger partial charge in [-0.2, -0.15) is 0 Å². The predicted molar refractivity (Wildman–Crippen MR) is 156 cm³/mol. The summed E-state index contributed by atoms with van der Waals surface area (Å²) in [5.74, 6) is 2.58. The predicted octanol–water partition coefficient (Wildman–Crippen LogP) is 8.26. The minimum Gasteiger partial charge on any atom is -0.506 e. The summed E-state index contributed by atoms with van der Waals surface area (Å²) in [7, 11) is 0. The fourth-order valence-electron chi connectivity index (χ4n) is 6.39. The summed E-state index contributed by atoms with van der Waals surface area (Å²) >= 11 is 0. The molecule has 0 saturated heterocycles. The Morgan fingerprint density at radius 3 is 2.60 bits per heavy atom. The van der Waals surface area contributed by atoms with Crippen LogP contribution in [0.1, 0.15) is 50.7 Å². The standard InChI is InChI=1S/C23H23N2.C12H8NO.Ir/c1-23(2)15-19(16-9-6-7-10-16)18-13-8-14-20-21(18)25(23)22(24-20)17-11-4-3-5-12-17;1-2-5-10-9(4-1)8-14-11-6-3-7-13-12(10)11;/h3-5,8,11,13-16H,6-7,9-10H2,1-2H3;1-4,6-7H,8H2;/q2*-1;. The maximum absolute atomic E-state index is 5.57. The Labute approximate surface area is 249 Å². The van der Waals surface area contributed by atoms with Crippen molar-refractivity contribution in [2.75, 3.05) is 0 Å². The van der Waals surface area contributed by atoms with Gasteiger partial charge in [-0.1, -0.05) is 36.6 Å². The van der Waals surface area contributed by atoms with E-state index in [9.17, 15) is 0 Å². The van der Waals surface area contributed by atoms with Crippen molar-refractivity contribution in [1.82, 2.24) is 14.5 Å². The molecule has 1 radical (unpaired) electrons. The monoisotopic (exact) mass is 702 g/mol. The number of fused-ring (bicyclic) bond motifs is 3. The molecule has 0 N–H and O–H groups in total. The van der Waals surface area contributed by atoms with Gasteiger partial charge in [0.05, 0.1) is 29.0 Å². The first-order chi connectivity index (χ1) is 19.1. The van der Waals surface area contributed by atoms with E-state index >= 15 is 0 Å². The summed E-state index contributed by atoms with van der Waals surface area (Å²) in [4.78, 5) is 9.31. The topological polar surface area (TPSA) is 39.9 Å². The molecule has 4 nitrogen and oxygen atoms in total. The van der Waals surface area contributed by atoms with Gasteiger partial charge in [-0.3, -0.25) is 4.98 Å². The number of hydrogen-bond acceptors (Lipinski definition) is 3. The second-order valence-corrected chi connectivity index (χ2v) is 11.2. The Balaban J connectivity index is 0.000000164. The van der Waals surface area contributed by atoms with Gasteiger partial charge in [-0.15, -0.1) is 65.7 Å². The van der Waals surface area contributed by atoms with E-state index in [0.717, 1.165) is 39.5 Å². The summed E-state index contributed by atoms with van der Waals surface area (Å²) in [6.07, 6.45) is 9.65. The number of allylic oxidation sites excluding steroid dienone is 2. The number of rotatable bonds is 2. The van der Waals surface area contributed by atoms with Crippen molar-refractivity contribution >= 4 is 16.6 Å². The molecule has 1 aliphatic carbocycles. The van der Waals surface area contributed by atoms with Gasteiger partial charge in [0.2, 0.25) is 0 Å². The van der Waals surface area contributed by atoms with Crippen molar-refractivity contribution in [1.29, 1.82) is 0 Å². The van der Waals surface area contributed by atoms with Crippen molar-refractivity contribution < 1.29 is 24.8 Å². The fraction of sp³-hybridized carbons (Fsp3) is 0.257. The summed E-state index contributed by atoms with van der Waals surface area (Å²) < 4.78 is 7.99. The number of imidazole rings is 1. The van der Waals surface area contributed by atoms with Crippen molar-refractivity contribution in [3.63, 3.8) is 0 Å². The Bertz CT molecular complexity index is 1650. The maximum atomic E-state index is 5.57. The van der Waals surface area contributed by atoms with E-state index in [1.165, 1.54) is 36.8 Å². The molecule has 203 valence electrons. The van der Waals surface area contributed by atoms with Gasteiger partial charge >= 0.3 is 0 Å². The molecule has 0 spiro atoms. The van der Waals surface area contributed by atoms with Crippen LogP contribution in [0.2, 0.25) is 0 Å². The zero-order valence-corrected chi connectivity index (χ0v) is 25.2. The van der Waals surface area contributed by atoms with E-state index < -0.39 is 0 Å². The first kappa shape index (κ1) is 26.7. The first-order valence-electron chi connectivity index (χ1n) is 13.9. The average Bonchev–Trinajstić information content (AvgIpc) is 3.66. The number of benzene rings is 3. The van der Waals surface area contributed by atoms with E-state index in [1.807, 2.05) is 42.5 Å². The zero-order valence-electron chi connectivity index (χ0n) is 22.8. The SMILES string of the molecule is CC1(C)C=C(C2CCCC2)c2cccc3nc(-c4[c-]cccc4)n1c23.[Ir].[c-]1cccc2c1-c1ncccc1OC2. The smallest absolute Gasteiger partial charge is 0.103 e. The number of para-hydroxylation sites is 1. The molecule has 3 aliphatic rings. The Hall–Kier alpha value is -3.53. The molecule has 1 saturated carbocycles. The third-order valence-corrected chi connectivity index (χ3v) is 8.15. The number of nitrogens with zero attached hydrogens (tertiary/aromatic N) is 3. The summed E-state index contributed by atoms with van der Waals surface area (Å²) in [5.41, 5.74) is 9.42. The van der Waals surface area contributed by atoms with E-state index in [4.69, 9.17) is 9.72 Å². The molecule has 2 aromatic heterocycles. The van der Waals surface area contributed by atoms with Gasteiger partial charge in [-0.05, 0) is 56.4 Å². The van der Waals surface area contributed by atoms with Gasteiger partial charge in [-0.25, -0.2) is 0 Å². The van der Waals surface area contributed by atoms with Crippen LogP contribution in [-0.2, 0) is 32.3 Å². The van der Waals surface area contributed by atoms with Crippen LogP contribution in [0.15, 0.2) is 85.1 Å². The van der Waals surface area contributed by atoms with Crippen LogP contribution in [-0.4, -0.2) is 14.5 Å². The van der Waals surface area contributed by atoms with E-state index in [0.29, 0.717) is 12.5 Å². The quantitative estimate of drug-likeness (QED) is 0.174. The molecule has 5 aromatic rings. The van der Waals surface area contributed by atoms with Crippen LogP contribution in [0.25, 0.3) is 39.3 Å². The Kier molecular flexibility index (Phi) is 7.20. The normalized spacial score (nSPS) is 16.5. The minimum atomic E-state index is -0.0833. The second-order valence-electron chi connectivity index (χ2n) is 11.2. The summed E-state index contributed by atoms with van der Waals surface area (Å²) in [5, 5.41) is 0. The molecule has 8 rings (SSSR count). The number of pyridine rings is 1. The molecule has 0 atom stereocenters. The van der Waals surface area contributed by atoms with Crippen molar-refractivity contribution in [3.05, 3.63) is 108 Å². The summed E-state index contributed by atoms with van der Waals surface area (Å²) in [6.45, 7) is 5.24. The molecular weight excluding hydrogens is 671 g/mol. The molecule has 40 heavy (non-hydrogen) atoms. The zero-order chi connectivity index (χ0) is 26.4. The van der Waals surface area contributed by atoms with Crippen LogP contribution in [0.5, 0.6) is 5.75 Å². The van der Waals surface area contributed by atoms with Crippen molar-refractivity contribution in [2.24, 2.45) is 5.92 Å². The molecule has 3 aromatic carbocycles. The Morgan fingerprint density at radius 2 is 1.77 bits per heavy atom. The van der Waals surface area contributed by atoms with Crippen molar-refractivity contribution in [3.8, 4) is 28.4 Å². The summed E-state index contributed by atoms with van der Waals surface area (Å²) in [6, 6.07) is 31.1. The van der Waals surface area contributed by atoms with Gasteiger partial charge < -0.3 is 14.3 Å². The number of aromatic nitrogens is 3. The maximum Gasteiger partial charge on any atom is 0.103 e. The van der Waals surface area contributed by atoms with Crippen LogP contribution >= 0.6 is 0 Å². The van der Waals surface area contributed by atoms with Gasteiger partial charge in [0.1, 0.15) is 5.75 Å². The van der Waals surface area contributed by atoms with E-state index in [2.05, 4.69) is 71.9 Å². The van der Waals surface area contributed by atoms with Crippen molar-refractivity contribution in [2.45, 2.75) is 51.7 Å². The fourth-order valence-corrected chi connectivity index (χ4v) is 6.39. The van der Waals surface area contributed by atoms with Crippen LogP contribution in [0, 0.1) is 18.1 Å². The molecule has 0 unspecified atom stereocenters. The Morgan fingerprint density at radius 1 is 0.925 bits per heavy atom. The molecule has 2 aliphatic heterocycles. The van der Waals surface area contributed by atoms with Crippen LogP contribution in [0.3, 0.4) is 0 Å². The van der Waals surface area contributed by atoms with E-state index in [1.54, 1.807) is 11.8 Å². The minimum absolute atomic E-state index is 0. The van der Waals surface area contributed by atoms with Gasteiger partial charge in [0, 0.05) is 37.6 Å². The molecule has 4 heterocycles. The van der Waals surface area contributed by atoms with Gasteiger partial charge in [0.25, 0.3) is 0 Å². The molecule has 1 fully saturated rings. The molecular formula is C35H31IrN3O-2.